The summed E-state index contributed by atoms with van der Waals surface area (Å²) in [6, 6.07) is 0. The van der Waals surface area contributed by atoms with Gasteiger partial charge in [0.1, 0.15) is 13.2 Å². The largest absolute Gasteiger partial charge is 0.462 e. The van der Waals surface area contributed by atoms with Gasteiger partial charge in [-0.3, -0.25) is 14.4 Å². The van der Waals surface area contributed by atoms with Gasteiger partial charge in [-0.2, -0.15) is 0 Å². The lowest BCUT2D eigenvalue weighted by Gasteiger charge is -2.18. The summed E-state index contributed by atoms with van der Waals surface area (Å²) in [6.07, 6.45) is 75.3. The van der Waals surface area contributed by atoms with Gasteiger partial charge in [0.2, 0.25) is 0 Å². The molecule has 0 spiro atoms. The molecule has 6 nitrogen and oxygen atoms in total. The average Bonchev–Trinajstić information content (AvgIpc) is 3.38. The van der Waals surface area contributed by atoms with Gasteiger partial charge in [-0.15, -0.1) is 0 Å². The molecule has 0 N–H and O–H groups in total. The third-order valence-corrected chi connectivity index (χ3v) is 14.1. The molecule has 0 radical (unpaired) electrons. The smallest absolute Gasteiger partial charge is 0.306 e. The van der Waals surface area contributed by atoms with E-state index >= 15 is 0 Å². The summed E-state index contributed by atoms with van der Waals surface area (Å²) in [5.41, 5.74) is 0. The van der Waals surface area contributed by atoms with Gasteiger partial charge in [-0.25, -0.2) is 0 Å². The van der Waals surface area contributed by atoms with E-state index in [0.29, 0.717) is 19.3 Å². The topological polar surface area (TPSA) is 78.9 Å². The number of esters is 3. The fraction of sp³-hybridized carbons (Fsp3) is 0.833. The van der Waals surface area contributed by atoms with Gasteiger partial charge in [-0.05, 0) is 83.5 Å². The third-order valence-electron chi connectivity index (χ3n) is 14.1. The summed E-state index contributed by atoms with van der Waals surface area (Å²) in [5, 5.41) is 0. The van der Waals surface area contributed by atoms with Crippen LogP contribution in [0.25, 0.3) is 0 Å². The zero-order chi connectivity index (χ0) is 52.2. The summed E-state index contributed by atoms with van der Waals surface area (Å²) in [4.78, 5) is 38.3. The van der Waals surface area contributed by atoms with Crippen LogP contribution in [-0.4, -0.2) is 37.2 Å². The van der Waals surface area contributed by atoms with Crippen LogP contribution in [0.3, 0.4) is 0 Å². The van der Waals surface area contributed by atoms with E-state index in [9.17, 15) is 14.4 Å². The van der Waals surface area contributed by atoms with Crippen molar-refractivity contribution in [3.05, 3.63) is 48.6 Å². The predicted molar refractivity (Wildman–Crippen MR) is 312 cm³/mol. The van der Waals surface area contributed by atoms with Crippen molar-refractivity contribution in [2.45, 2.75) is 341 Å². The Balaban J connectivity index is 4.36. The molecule has 420 valence electrons. The predicted octanol–water partition coefficient (Wildman–Crippen LogP) is 21.4. The minimum Gasteiger partial charge on any atom is -0.462 e. The Morgan fingerprint density at radius 1 is 0.278 bits per heavy atom. The van der Waals surface area contributed by atoms with E-state index in [-0.39, 0.29) is 31.1 Å². The van der Waals surface area contributed by atoms with E-state index in [1.54, 1.807) is 0 Å². The second-order valence-corrected chi connectivity index (χ2v) is 21.3. The molecule has 0 aromatic rings. The number of carbonyl (C=O) groups excluding carboxylic acids is 3. The van der Waals surface area contributed by atoms with Gasteiger partial charge in [-0.1, -0.05) is 281 Å². The van der Waals surface area contributed by atoms with E-state index in [2.05, 4.69) is 69.4 Å². The number of ether oxygens (including phenoxy) is 3. The molecule has 0 amide bonds. The molecule has 0 aliphatic heterocycles. The van der Waals surface area contributed by atoms with Gasteiger partial charge < -0.3 is 14.2 Å². The van der Waals surface area contributed by atoms with Crippen LogP contribution in [0.15, 0.2) is 48.6 Å². The molecule has 0 bridgehead atoms. The van der Waals surface area contributed by atoms with Crippen LogP contribution in [0.4, 0.5) is 0 Å². The van der Waals surface area contributed by atoms with Crippen LogP contribution in [0.1, 0.15) is 335 Å². The molecule has 0 saturated heterocycles. The standard InChI is InChI=1S/C66H120O6/c1-4-7-10-13-16-19-22-25-28-31-33-35-38-41-44-47-50-53-56-59-65(68)71-62-63(61-70-64(67)58-55-52-49-46-43-40-37-30-27-24-21-18-15-12-9-6-3)72-66(69)60-57-54-51-48-45-42-39-36-34-32-29-26-23-20-17-14-11-8-5-2/h16,19,21,24-25,28,30,37,63H,4-15,17-18,20,22-23,26-27,29,31-36,38-62H2,1-3H3/b19-16-,24-21-,28-25-,37-30-. The minimum atomic E-state index is -0.779. The molecule has 0 rings (SSSR count). The molecule has 0 aliphatic rings. The summed E-state index contributed by atoms with van der Waals surface area (Å²) in [6.45, 7) is 6.64. The van der Waals surface area contributed by atoms with E-state index in [4.69, 9.17) is 14.2 Å². The summed E-state index contributed by atoms with van der Waals surface area (Å²) in [5.74, 6) is -0.873. The molecule has 1 unspecified atom stereocenters. The monoisotopic (exact) mass is 1010 g/mol. The SMILES string of the molecule is CCCCC/C=C\C/C=C\CCCCCCCCCCCC(=O)OCC(COC(=O)CCCCCCC/C=C\C/C=C\CCCCCC)OC(=O)CCCCCCCCCCCCCCCCCCCCC. The second kappa shape index (κ2) is 60.9. The van der Waals surface area contributed by atoms with Crippen molar-refractivity contribution in [1.29, 1.82) is 0 Å². The Hall–Kier alpha value is -2.63. The average molecular weight is 1010 g/mol. The lowest BCUT2D eigenvalue weighted by atomic mass is 10.0. The number of carbonyl (C=O) groups is 3. The Morgan fingerprint density at radius 2 is 0.500 bits per heavy atom. The molecule has 6 heteroatoms. The molecule has 0 aliphatic carbocycles. The fourth-order valence-corrected chi connectivity index (χ4v) is 9.27. The van der Waals surface area contributed by atoms with Crippen molar-refractivity contribution in [2.75, 3.05) is 13.2 Å². The molecule has 72 heavy (non-hydrogen) atoms. The Morgan fingerprint density at radius 3 is 0.806 bits per heavy atom. The van der Waals surface area contributed by atoms with Crippen molar-refractivity contribution >= 4 is 17.9 Å². The maximum Gasteiger partial charge on any atom is 0.306 e. The number of allylic oxidation sites excluding steroid dienone is 8. The van der Waals surface area contributed by atoms with Crippen LogP contribution in [-0.2, 0) is 28.6 Å². The van der Waals surface area contributed by atoms with Crippen molar-refractivity contribution in [2.24, 2.45) is 0 Å². The van der Waals surface area contributed by atoms with E-state index < -0.39 is 6.10 Å². The summed E-state index contributed by atoms with van der Waals surface area (Å²) < 4.78 is 16.9. The highest BCUT2D eigenvalue weighted by molar-refractivity contribution is 5.71. The molecule has 0 saturated carbocycles. The summed E-state index contributed by atoms with van der Waals surface area (Å²) in [7, 11) is 0. The van der Waals surface area contributed by atoms with Gasteiger partial charge in [0.05, 0.1) is 0 Å². The van der Waals surface area contributed by atoms with Gasteiger partial charge >= 0.3 is 17.9 Å². The Kier molecular flexibility index (Phi) is 58.7. The van der Waals surface area contributed by atoms with Crippen LogP contribution in [0.5, 0.6) is 0 Å². The van der Waals surface area contributed by atoms with Crippen LogP contribution in [0, 0.1) is 0 Å². The maximum atomic E-state index is 12.9. The summed E-state index contributed by atoms with van der Waals surface area (Å²) >= 11 is 0. The highest BCUT2D eigenvalue weighted by Crippen LogP contribution is 2.17. The quantitative estimate of drug-likeness (QED) is 0.0261. The zero-order valence-corrected chi connectivity index (χ0v) is 48.2. The first-order chi connectivity index (χ1) is 35.5. The molecule has 0 aromatic carbocycles. The normalized spacial score (nSPS) is 12.3. The molecule has 0 aromatic heterocycles. The highest BCUT2D eigenvalue weighted by atomic mass is 16.6. The van der Waals surface area contributed by atoms with Crippen LogP contribution in [0.2, 0.25) is 0 Å². The minimum absolute atomic E-state index is 0.0766. The van der Waals surface area contributed by atoms with Gasteiger partial charge in [0, 0.05) is 19.3 Å². The number of hydrogen-bond donors (Lipinski definition) is 0. The maximum absolute atomic E-state index is 12.9. The third kappa shape index (κ3) is 58.3. The second-order valence-electron chi connectivity index (χ2n) is 21.3. The van der Waals surface area contributed by atoms with Gasteiger partial charge in [0.15, 0.2) is 6.10 Å². The van der Waals surface area contributed by atoms with Crippen LogP contribution >= 0.6 is 0 Å². The first-order valence-electron chi connectivity index (χ1n) is 31.6. The molecule has 0 fully saturated rings. The lowest BCUT2D eigenvalue weighted by molar-refractivity contribution is -0.167. The number of unbranched alkanes of at least 4 members (excludes halogenated alkanes) is 39. The molecule has 1 atom stereocenters. The lowest BCUT2D eigenvalue weighted by Crippen LogP contribution is -2.30. The fourth-order valence-electron chi connectivity index (χ4n) is 9.27. The number of rotatable bonds is 58. The van der Waals surface area contributed by atoms with Crippen molar-refractivity contribution in [3.63, 3.8) is 0 Å². The zero-order valence-electron chi connectivity index (χ0n) is 48.2. The molecular weight excluding hydrogens is 889 g/mol. The van der Waals surface area contributed by atoms with E-state index in [0.717, 1.165) is 83.5 Å². The van der Waals surface area contributed by atoms with Gasteiger partial charge in [0.25, 0.3) is 0 Å². The number of hydrogen-bond acceptors (Lipinski definition) is 6. The first-order valence-corrected chi connectivity index (χ1v) is 31.6. The first kappa shape index (κ1) is 69.4. The van der Waals surface area contributed by atoms with Crippen molar-refractivity contribution in [3.8, 4) is 0 Å². The Labute approximate surface area is 448 Å². The highest BCUT2D eigenvalue weighted by Gasteiger charge is 2.19. The van der Waals surface area contributed by atoms with Crippen molar-refractivity contribution < 1.29 is 28.6 Å². The van der Waals surface area contributed by atoms with Crippen molar-refractivity contribution in [1.82, 2.24) is 0 Å². The molecular formula is C66H120O6. The molecule has 0 heterocycles. The van der Waals surface area contributed by atoms with E-state index in [1.807, 2.05) is 0 Å². The Bertz CT molecular complexity index is 1250. The van der Waals surface area contributed by atoms with Crippen LogP contribution < -0.4 is 0 Å². The van der Waals surface area contributed by atoms with E-state index in [1.165, 1.54) is 212 Å².